The third-order valence-electron chi connectivity index (χ3n) is 2.85. The van der Waals surface area contributed by atoms with Crippen LogP contribution in [0.5, 0.6) is 5.75 Å². The molecule has 2 N–H and O–H groups in total. The number of rotatable bonds is 6. The van der Waals surface area contributed by atoms with Gasteiger partial charge in [-0.05, 0) is 18.6 Å². The lowest BCUT2D eigenvalue weighted by atomic mass is 10.3. The molecule has 1 heterocycles. The number of anilines is 1. The van der Waals surface area contributed by atoms with E-state index in [9.17, 15) is 4.79 Å². The van der Waals surface area contributed by atoms with Gasteiger partial charge in [0.2, 0.25) is 0 Å². The Morgan fingerprint density at radius 1 is 1.48 bits per heavy atom. The summed E-state index contributed by atoms with van der Waals surface area (Å²) in [7, 11) is 1.53. The van der Waals surface area contributed by atoms with Gasteiger partial charge in [0.05, 0.1) is 18.5 Å². The van der Waals surface area contributed by atoms with E-state index in [1.807, 2.05) is 10.8 Å². The lowest BCUT2D eigenvalue weighted by molar-refractivity contribution is 0.252. The van der Waals surface area contributed by atoms with E-state index in [1.165, 1.54) is 7.11 Å². The molecule has 0 unspecified atom stereocenters. The monoisotopic (exact) mass is 308 g/mol. The number of halogens is 1. The first kappa shape index (κ1) is 15.2. The maximum Gasteiger partial charge on any atom is 0.319 e. The number of aromatic nitrogens is 2. The van der Waals surface area contributed by atoms with E-state index in [0.717, 1.165) is 13.0 Å². The van der Waals surface area contributed by atoms with Crippen LogP contribution in [0.25, 0.3) is 0 Å². The van der Waals surface area contributed by atoms with Crippen molar-refractivity contribution in [2.24, 2.45) is 0 Å². The number of carbonyl (C=O) groups is 1. The Balaban J connectivity index is 1.74. The van der Waals surface area contributed by atoms with E-state index in [4.69, 9.17) is 16.3 Å². The van der Waals surface area contributed by atoms with Crippen LogP contribution in [0.3, 0.4) is 0 Å². The third-order valence-corrected chi connectivity index (χ3v) is 3.16. The molecule has 0 radical (unpaired) electrons. The summed E-state index contributed by atoms with van der Waals surface area (Å²) >= 11 is 5.92. The predicted octanol–water partition coefficient (Wildman–Crippen LogP) is 2.76. The number of methoxy groups -OCH3 is 1. The first-order valence-corrected chi connectivity index (χ1v) is 6.91. The molecule has 0 aliphatic carbocycles. The van der Waals surface area contributed by atoms with Crippen molar-refractivity contribution in [3.63, 3.8) is 0 Å². The molecule has 112 valence electrons. The lowest BCUT2D eigenvalue weighted by Gasteiger charge is -2.10. The van der Waals surface area contributed by atoms with E-state index in [2.05, 4.69) is 15.6 Å². The molecule has 0 aliphatic heterocycles. The molecule has 0 saturated carbocycles. The smallest absolute Gasteiger partial charge is 0.319 e. The number of amides is 2. The number of aryl methyl sites for hydroxylation is 1. The number of hydrogen-bond donors (Lipinski definition) is 2. The average molecular weight is 309 g/mol. The van der Waals surface area contributed by atoms with Gasteiger partial charge in [-0.25, -0.2) is 9.78 Å². The fraction of sp³-hybridized carbons (Fsp3) is 0.286. The third kappa shape index (κ3) is 4.68. The molecule has 2 rings (SSSR count). The van der Waals surface area contributed by atoms with Gasteiger partial charge in [-0.2, -0.15) is 0 Å². The van der Waals surface area contributed by atoms with Crippen LogP contribution in [0.15, 0.2) is 36.9 Å². The number of benzene rings is 1. The Hall–Kier alpha value is -2.21. The Labute approximate surface area is 128 Å². The molecule has 6 nitrogen and oxygen atoms in total. The van der Waals surface area contributed by atoms with Crippen molar-refractivity contribution in [3.8, 4) is 5.75 Å². The van der Waals surface area contributed by atoms with Crippen molar-refractivity contribution in [1.82, 2.24) is 14.9 Å². The molecule has 21 heavy (non-hydrogen) atoms. The van der Waals surface area contributed by atoms with Crippen LogP contribution >= 0.6 is 11.6 Å². The van der Waals surface area contributed by atoms with Crippen LogP contribution in [0.1, 0.15) is 6.42 Å². The van der Waals surface area contributed by atoms with Crippen molar-refractivity contribution in [3.05, 3.63) is 41.9 Å². The highest BCUT2D eigenvalue weighted by atomic mass is 35.5. The van der Waals surface area contributed by atoms with Crippen LogP contribution in [-0.4, -0.2) is 29.2 Å². The zero-order chi connectivity index (χ0) is 15.1. The van der Waals surface area contributed by atoms with Gasteiger partial charge < -0.3 is 19.9 Å². The number of ether oxygens (including phenoxy) is 1. The standard InChI is InChI=1S/C14H17ClN4O2/c1-21-13-9-11(3-4-12(13)15)18-14(20)17-5-2-7-19-8-6-16-10-19/h3-4,6,8-10H,2,5,7H2,1H3,(H2,17,18,20). The van der Waals surface area contributed by atoms with Gasteiger partial charge in [0.1, 0.15) is 5.75 Å². The fourth-order valence-corrected chi connectivity index (χ4v) is 1.99. The second-order valence-electron chi connectivity index (χ2n) is 4.38. The van der Waals surface area contributed by atoms with Crippen molar-refractivity contribution < 1.29 is 9.53 Å². The molecular weight excluding hydrogens is 292 g/mol. The highest BCUT2D eigenvalue weighted by Crippen LogP contribution is 2.27. The minimum Gasteiger partial charge on any atom is -0.495 e. The van der Waals surface area contributed by atoms with E-state index < -0.39 is 0 Å². The number of hydrogen-bond acceptors (Lipinski definition) is 3. The first-order chi connectivity index (χ1) is 10.2. The highest BCUT2D eigenvalue weighted by molar-refractivity contribution is 6.32. The quantitative estimate of drug-likeness (QED) is 0.806. The number of imidazole rings is 1. The van der Waals surface area contributed by atoms with Crippen molar-refractivity contribution in [1.29, 1.82) is 0 Å². The Bertz CT molecular complexity index is 587. The van der Waals surface area contributed by atoms with Crippen molar-refractivity contribution in [2.45, 2.75) is 13.0 Å². The summed E-state index contributed by atoms with van der Waals surface area (Å²) in [4.78, 5) is 15.7. The largest absolute Gasteiger partial charge is 0.495 e. The maximum atomic E-state index is 11.7. The first-order valence-electron chi connectivity index (χ1n) is 6.53. The summed E-state index contributed by atoms with van der Waals surface area (Å²) in [6.45, 7) is 1.39. The van der Waals surface area contributed by atoms with Gasteiger partial charge in [0.25, 0.3) is 0 Å². The molecule has 0 saturated heterocycles. The second-order valence-corrected chi connectivity index (χ2v) is 4.79. The molecule has 0 spiro atoms. The van der Waals surface area contributed by atoms with Gasteiger partial charge >= 0.3 is 6.03 Å². The van der Waals surface area contributed by atoms with E-state index in [0.29, 0.717) is 23.0 Å². The zero-order valence-electron chi connectivity index (χ0n) is 11.7. The van der Waals surface area contributed by atoms with Gasteiger partial charge in [0, 0.05) is 37.2 Å². The van der Waals surface area contributed by atoms with Crippen LogP contribution in [0.4, 0.5) is 10.5 Å². The summed E-state index contributed by atoms with van der Waals surface area (Å²) in [5.41, 5.74) is 0.628. The molecule has 0 atom stereocenters. The van der Waals surface area contributed by atoms with E-state index in [-0.39, 0.29) is 6.03 Å². The van der Waals surface area contributed by atoms with Crippen molar-refractivity contribution >= 4 is 23.3 Å². The summed E-state index contributed by atoms with van der Waals surface area (Å²) in [5, 5.41) is 6.02. The van der Waals surface area contributed by atoms with Crippen LogP contribution in [0, 0.1) is 0 Å². The topological polar surface area (TPSA) is 68.2 Å². The number of urea groups is 1. The molecule has 1 aromatic heterocycles. The molecule has 0 aliphatic rings. The Morgan fingerprint density at radius 2 is 2.33 bits per heavy atom. The molecule has 0 fully saturated rings. The van der Waals surface area contributed by atoms with Gasteiger partial charge in [-0.1, -0.05) is 11.6 Å². The molecule has 1 aromatic carbocycles. The number of nitrogens with one attached hydrogen (secondary N) is 2. The van der Waals surface area contributed by atoms with E-state index in [1.54, 1.807) is 30.7 Å². The molecule has 0 bridgehead atoms. The predicted molar refractivity (Wildman–Crippen MR) is 81.9 cm³/mol. The maximum absolute atomic E-state index is 11.7. The number of carbonyl (C=O) groups excluding carboxylic acids is 1. The van der Waals surface area contributed by atoms with Crippen LogP contribution in [-0.2, 0) is 6.54 Å². The van der Waals surface area contributed by atoms with Gasteiger partial charge in [-0.3, -0.25) is 0 Å². The summed E-state index contributed by atoms with van der Waals surface area (Å²) < 4.78 is 7.06. The second kappa shape index (κ2) is 7.54. The van der Waals surface area contributed by atoms with Gasteiger partial charge in [0.15, 0.2) is 0 Å². The summed E-state index contributed by atoms with van der Waals surface area (Å²) in [6.07, 6.45) is 6.20. The SMILES string of the molecule is COc1cc(NC(=O)NCCCn2ccnc2)ccc1Cl. The summed E-state index contributed by atoms with van der Waals surface area (Å²) in [6, 6.07) is 4.81. The Kier molecular flexibility index (Phi) is 5.45. The van der Waals surface area contributed by atoms with Crippen LogP contribution in [0.2, 0.25) is 5.02 Å². The fourth-order valence-electron chi connectivity index (χ4n) is 1.80. The molecule has 7 heteroatoms. The minimum absolute atomic E-state index is 0.259. The van der Waals surface area contributed by atoms with E-state index >= 15 is 0 Å². The molecule has 2 aromatic rings. The normalized spacial score (nSPS) is 10.2. The summed E-state index contributed by atoms with van der Waals surface area (Å²) in [5.74, 6) is 0.523. The highest BCUT2D eigenvalue weighted by Gasteiger charge is 2.05. The number of nitrogens with zero attached hydrogens (tertiary/aromatic N) is 2. The minimum atomic E-state index is -0.259. The average Bonchev–Trinajstić information content (AvgIpc) is 2.99. The van der Waals surface area contributed by atoms with Crippen LogP contribution < -0.4 is 15.4 Å². The molecule has 2 amide bonds. The van der Waals surface area contributed by atoms with Crippen molar-refractivity contribution in [2.75, 3.05) is 19.0 Å². The lowest BCUT2D eigenvalue weighted by Crippen LogP contribution is -2.30. The Morgan fingerprint density at radius 3 is 3.05 bits per heavy atom. The zero-order valence-corrected chi connectivity index (χ0v) is 12.4. The molecular formula is C14H17ClN4O2. The van der Waals surface area contributed by atoms with Gasteiger partial charge in [-0.15, -0.1) is 0 Å².